The molecule has 0 radical (unpaired) electrons. The fourth-order valence-electron chi connectivity index (χ4n) is 4.23. The molecule has 2 aromatic rings. The topological polar surface area (TPSA) is 103 Å². The highest BCUT2D eigenvalue weighted by atomic mass is 35.5. The molecule has 4 rings (SSSR count). The summed E-state index contributed by atoms with van der Waals surface area (Å²) in [6.45, 7) is -1.04. The molecule has 1 fully saturated rings. The molecule has 2 aliphatic rings. The average Bonchev–Trinajstić information content (AvgIpc) is 3.27. The molecule has 8 nitrogen and oxygen atoms in total. The van der Waals surface area contributed by atoms with Gasteiger partial charge >= 0.3 is 12.4 Å². The molecule has 192 valence electrons. The molecule has 2 atom stereocenters. The smallest absolute Gasteiger partial charge is 0.480 e. The Hall–Kier alpha value is -2.57. The van der Waals surface area contributed by atoms with Gasteiger partial charge in [-0.3, -0.25) is 9.53 Å². The molecule has 1 aromatic carbocycles. The number of hydrogen-bond donors (Lipinski definition) is 2. The SMILES string of the molecule is O=C(NC1CCC(c2cnc(OCCOC(F)(F)F)o2)CC1)[C@H]1C[C@@H](O)c2cc(Cl)c(F)cc2O1. The normalized spacial score (nSPS) is 24.4. The first-order valence-corrected chi connectivity index (χ1v) is 11.4. The quantitative estimate of drug-likeness (QED) is 0.410. The van der Waals surface area contributed by atoms with Crippen LogP contribution in [0.5, 0.6) is 11.8 Å². The van der Waals surface area contributed by atoms with Crippen LogP contribution in [0.25, 0.3) is 0 Å². The predicted molar refractivity (Wildman–Crippen MR) is 113 cm³/mol. The van der Waals surface area contributed by atoms with E-state index in [4.69, 9.17) is 25.5 Å². The number of fused-ring (bicyclic) bond motifs is 1. The third-order valence-electron chi connectivity index (χ3n) is 5.96. The minimum atomic E-state index is -4.72. The standard InChI is InChI=1S/C22H23ClF4N2O6/c23-14-7-13-16(30)9-18(34-17(13)8-15(14)24)20(31)29-12-3-1-11(2-4-12)19-10-28-21(35-19)32-5-6-33-22(25,26)27/h7-8,10-12,16,18,30H,1-6,9H2,(H,29,31)/t11?,12?,16-,18-/m1/s1. The molecule has 1 saturated carbocycles. The summed E-state index contributed by atoms with van der Waals surface area (Å²) in [4.78, 5) is 16.6. The maximum atomic E-state index is 13.8. The Balaban J connectivity index is 1.23. The number of aliphatic hydroxyl groups excluding tert-OH is 1. The van der Waals surface area contributed by atoms with Crippen LogP contribution in [-0.2, 0) is 9.53 Å². The molecule has 1 amide bonds. The number of carbonyl (C=O) groups excluding carboxylic acids is 1. The van der Waals surface area contributed by atoms with E-state index >= 15 is 0 Å². The molecule has 0 spiro atoms. The van der Waals surface area contributed by atoms with Crippen LogP contribution in [0.1, 0.15) is 55.4 Å². The van der Waals surface area contributed by atoms with E-state index in [1.165, 1.54) is 12.3 Å². The number of nitrogens with zero attached hydrogens (tertiary/aromatic N) is 1. The van der Waals surface area contributed by atoms with Crippen molar-refractivity contribution in [2.75, 3.05) is 13.2 Å². The summed E-state index contributed by atoms with van der Waals surface area (Å²) in [6, 6.07) is 2.23. The van der Waals surface area contributed by atoms with Gasteiger partial charge in [-0.05, 0) is 31.7 Å². The van der Waals surface area contributed by atoms with Gasteiger partial charge in [0, 0.05) is 30.0 Å². The second-order valence-corrected chi connectivity index (χ2v) is 8.80. The summed E-state index contributed by atoms with van der Waals surface area (Å²) < 4.78 is 69.4. The Morgan fingerprint density at radius 3 is 2.69 bits per heavy atom. The maximum Gasteiger partial charge on any atom is 0.522 e. The highest BCUT2D eigenvalue weighted by Gasteiger charge is 2.35. The van der Waals surface area contributed by atoms with Gasteiger partial charge in [0.1, 0.15) is 23.9 Å². The minimum absolute atomic E-state index is 0.0188. The van der Waals surface area contributed by atoms with E-state index in [0.717, 1.165) is 6.07 Å². The highest BCUT2D eigenvalue weighted by Crippen LogP contribution is 2.38. The number of nitrogens with one attached hydrogen (secondary N) is 1. The number of halogens is 5. The van der Waals surface area contributed by atoms with Crippen LogP contribution in [-0.4, -0.2) is 47.7 Å². The van der Waals surface area contributed by atoms with Crippen molar-refractivity contribution in [3.63, 3.8) is 0 Å². The van der Waals surface area contributed by atoms with Crippen molar-refractivity contribution in [2.24, 2.45) is 0 Å². The largest absolute Gasteiger partial charge is 0.522 e. The molecule has 0 saturated heterocycles. The van der Waals surface area contributed by atoms with Gasteiger partial charge in [-0.25, -0.2) is 4.39 Å². The minimum Gasteiger partial charge on any atom is -0.480 e. The first kappa shape index (κ1) is 25.5. The fourth-order valence-corrected chi connectivity index (χ4v) is 4.40. The third kappa shape index (κ3) is 6.56. The van der Waals surface area contributed by atoms with Crippen LogP contribution in [0.4, 0.5) is 17.6 Å². The van der Waals surface area contributed by atoms with Crippen LogP contribution in [0, 0.1) is 5.82 Å². The Bertz CT molecular complexity index is 1040. The number of carbonyl (C=O) groups is 1. The molecule has 0 unspecified atom stereocenters. The van der Waals surface area contributed by atoms with Gasteiger partial charge in [-0.1, -0.05) is 11.6 Å². The molecule has 13 heteroatoms. The van der Waals surface area contributed by atoms with E-state index in [9.17, 15) is 27.5 Å². The molecule has 2 N–H and O–H groups in total. The fraction of sp³-hybridized carbons (Fsp3) is 0.545. The van der Waals surface area contributed by atoms with Gasteiger partial charge < -0.3 is 24.3 Å². The lowest BCUT2D eigenvalue weighted by Crippen LogP contribution is -2.46. The molecular weight excluding hydrogens is 500 g/mol. The second kappa shape index (κ2) is 10.6. The van der Waals surface area contributed by atoms with Crippen molar-refractivity contribution >= 4 is 17.5 Å². The molecule has 1 aromatic heterocycles. The Morgan fingerprint density at radius 1 is 1.23 bits per heavy atom. The highest BCUT2D eigenvalue weighted by molar-refractivity contribution is 6.30. The first-order valence-electron chi connectivity index (χ1n) is 11.0. The van der Waals surface area contributed by atoms with Crippen molar-refractivity contribution in [2.45, 2.75) is 62.6 Å². The second-order valence-electron chi connectivity index (χ2n) is 8.39. The van der Waals surface area contributed by atoms with Crippen molar-refractivity contribution in [3.05, 3.63) is 40.5 Å². The molecular formula is C22H23ClF4N2O6. The van der Waals surface area contributed by atoms with Crippen molar-refractivity contribution < 1.29 is 46.1 Å². The molecule has 35 heavy (non-hydrogen) atoms. The van der Waals surface area contributed by atoms with Crippen LogP contribution >= 0.6 is 11.6 Å². The molecule has 0 bridgehead atoms. The summed E-state index contributed by atoms with van der Waals surface area (Å²) in [5, 5.41) is 13.1. The lowest BCUT2D eigenvalue weighted by molar-refractivity contribution is -0.325. The van der Waals surface area contributed by atoms with Gasteiger partial charge in [0.25, 0.3) is 5.91 Å². The zero-order valence-corrected chi connectivity index (χ0v) is 19.1. The zero-order valence-electron chi connectivity index (χ0n) is 18.3. The van der Waals surface area contributed by atoms with Gasteiger partial charge in [0.15, 0.2) is 6.10 Å². The van der Waals surface area contributed by atoms with E-state index in [2.05, 4.69) is 15.0 Å². The van der Waals surface area contributed by atoms with Crippen LogP contribution in [0.3, 0.4) is 0 Å². The number of oxazole rings is 1. The van der Waals surface area contributed by atoms with E-state index in [-0.39, 0.29) is 41.8 Å². The number of alkyl halides is 3. The Labute approximate surface area is 202 Å². The number of aromatic nitrogens is 1. The van der Waals surface area contributed by atoms with Gasteiger partial charge in [0.05, 0.1) is 23.9 Å². The van der Waals surface area contributed by atoms with Gasteiger partial charge in [-0.15, -0.1) is 13.2 Å². The van der Waals surface area contributed by atoms with E-state index in [1.807, 2.05) is 0 Å². The number of hydrogen-bond acceptors (Lipinski definition) is 7. The predicted octanol–water partition coefficient (Wildman–Crippen LogP) is 4.41. The Kier molecular flexibility index (Phi) is 7.72. The van der Waals surface area contributed by atoms with Gasteiger partial charge in [-0.2, -0.15) is 4.98 Å². The summed E-state index contributed by atoms with van der Waals surface area (Å²) in [7, 11) is 0. The lowest BCUT2D eigenvalue weighted by atomic mass is 9.84. The molecule has 1 aliphatic heterocycles. The third-order valence-corrected chi connectivity index (χ3v) is 6.25. The summed E-state index contributed by atoms with van der Waals surface area (Å²) in [5.74, 6) is -0.440. The number of rotatable bonds is 7. The van der Waals surface area contributed by atoms with Crippen molar-refractivity contribution in [1.82, 2.24) is 10.3 Å². The Morgan fingerprint density at radius 2 is 1.97 bits per heavy atom. The van der Waals surface area contributed by atoms with Gasteiger partial charge in [0.2, 0.25) is 0 Å². The number of aliphatic hydroxyl groups is 1. The number of benzene rings is 1. The average molecular weight is 523 g/mol. The summed E-state index contributed by atoms with van der Waals surface area (Å²) in [6.07, 6.45) is -2.70. The van der Waals surface area contributed by atoms with Crippen LogP contribution in [0.15, 0.2) is 22.7 Å². The number of amides is 1. The zero-order chi connectivity index (χ0) is 25.2. The monoisotopic (exact) mass is 522 g/mol. The van der Waals surface area contributed by atoms with Crippen LogP contribution < -0.4 is 14.8 Å². The van der Waals surface area contributed by atoms with Crippen molar-refractivity contribution in [3.8, 4) is 11.8 Å². The van der Waals surface area contributed by atoms with E-state index in [1.54, 1.807) is 0 Å². The lowest BCUT2D eigenvalue weighted by Gasteiger charge is -2.32. The summed E-state index contributed by atoms with van der Waals surface area (Å²) in [5.41, 5.74) is 0.337. The van der Waals surface area contributed by atoms with Crippen molar-refractivity contribution in [1.29, 1.82) is 0 Å². The first-order chi connectivity index (χ1) is 16.6. The number of ether oxygens (including phenoxy) is 3. The van der Waals surface area contributed by atoms with E-state index < -0.39 is 36.9 Å². The summed E-state index contributed by atoms with van der Waals surface area (Å²) >= 11 is 5.76. The molecule has 2 heterocycles. The van der Waals surface area contributed by atoms with Crippen LogP contribution in [0.2, 0.25) is 5.02 Å². The van der Waals surface area contributed by atoms with E-state index in [0.29, 0.717) is 37.0 Å². The molecule has 1 aliphatic carbocycles. The maximum absolute atomic E-state index is 13.8.